The number of hydrogen-bond donors (Lipinski definition) is 0. The molecule has 1 aromatic heterocycles. The van der Waals surface area contributed by atoms with Gasteiger partial charge in [0.05, 0.1) is 4.21 Å². The fourth-order valence-electron chi connectivity index (χ4n) is 2.52. The Morgan fingerprint density at radius 1 is 1.22 bits per heavy atom. The lowest BCUT2D eigenvalue weighted by Gasteiger charge is -2.34. The van der Waals surface area contributed by atoms with Crippen molar-refractivity contribution in [1.82, 2.24) is 4.90 Å². The van der Waals surface area contributed by atoms with E-state index in [2.05, 4.69) is 42.0 Å². The predicted molar refractivity (Wildman–Crippen MR) is 83.9 cm³/mol. The lowest BCUT2D eigenvalue weighted by Crippen LogP contribution is -2.41. The highest BCUT2D eigenvalue weighted by atomic mass is 32.2. The van der Waals surface area contributed by atoms with Crippen molar-refractivity contribution in [2.45, 2.75) is 56.2 Å². The van der Waals surface area contributed by atoms with Crippen molar-refractivity contribution in [1.29, 1.82) is 0 Å². The van der Waals surface area contributed by atoms with Gasteiger partial charge < -0.3 is 0 Å². The molecule has 1 aliphatic rings. The van der Waals surface area contributed by atoms with Gasteiger partial charge in [-0.15, -0.1) is 23.1 Å². The summed E-state index contributed by atoms with van der Waals surface area (Å²) in [5.74, 6) is 1.29. The van der Waals surface area contributed by atoms with Crippen LogP contribution in [-0.4, -0.2) is 29.8 Å². The highest BCUT2D eigenvalue weighted by molar-refractivity contribution is 8.01. The zero-order valence-corrected chi connectivity index (χ0v) is 13.3. The number of thiophene rings is 1. The summed E-state index contributed by atoms with van der Waals surface area (Å²) in [6.07, 6.45) is 6.60. The molecule has 1 atom stereocenters. The van der Waals surface area contributed by atoms with Gasteiger partial charge in [-0.25, -0.2) is 0 Å². The third kappa shape index (κ3) is 3.75. The average Bonchev–Trinajstić information content (AvgIpc) is 2.86. The van der Waals surface area contributed by atoms with E-state index in [-0.39, 0.29) is 0 Å². The minimum atomic E-state index is 0.773. The Balaban J connectivity index is 1.93. The largest absolute Gasteiger partial charge is 0.299 e. The molecule has 3 heteroatoms. The number of fused-ring (bicyclic) bond motifs is 1. The summed E-state index contributed by atoms with van der Waals surface area (Å²) in [5.41, 5.74) is 1.60. The highest BCUT2D eigenvalue weighted by Gasteiger charge is 2.24. The first kappa shape index (κ1) is 14.4. The van der Waals surface area contributed by atoms with E-state index in [9.17, 15) is 0 Å². The fraction of sp³-hybridized carbons (Fsp3) is 0.733. The Bertz CT molecular complexity index is 340. The molecule has 1 nitrogen and oxygen atoms in total. The Labute approximate surface area is 120 Å². The molecular weight excluding hydrogens is 258 g/mol. The standard InChI is InChI=1S/C15H25NS2/c1-3-5-8-16(9-6-4-2)14-11-13-7-10-17-15(13)18-12-14/h7,10,14H,3-6,8-9,11-12H2,1-2H3. The maximum atomic E-state index is 2.75. The SMILES string of the molecule is CCCCN(CCCC)C1CSc2sccc2C1. The van der Waals surface area contributed by atoms with Crippen molar-refractivity contribution in [2.24, 2.45) is 0 Å². The molecule has 1 unspecified atom stereocenters. The predicted octanol–water partition coefficient (Wildman–Crippen LogP) is 4.67. The van der Waals surface area contributed by atoms with Crippen LogP contribution in [0.2, 0.25) is 0 Å². The Morgan fingerprint density at radius 3 is 2.61 bits per heavy atom. The fourth-order valence-corrected chi connectivity index (χ4v) is 4.83. The molecule has 0 radical (unpaired) electrons. The van der Waals surface area contributed by atoms with Gasteiger partial charge in [0.25, 0.3) is 0 Å². The topological polar surface area (TPSA) is 3.24 Å². The van der Waals surface area contributed by atoms with Crippen LogP contribution in [0.3, 0.4) is 0 Å². The van der Waals surface area contributed by atoms with E-state index in [0.29, 0.717) is 0 Å². The third-order valence-corrected chi connectivity index (χ3v) is 6.15. The van der Waals surface area contributed by atoms with Crippen LogP contribution < -0.4 is 0 Å². The van der Waals surface area contributed by atoms with E-state index in [0.717, 1.165) is 6.04 Å². The van der Waals surface area contributed by atoms with E-state index in [1.165, 1.54) is 50.9 Å². The van der Waals surface area contributed by atoms with Crippen LogP contribution in [0.15, 0.2) is 15.7 Å². The van der Waals surface area contributed by atoms with Gasteiger partial charge in [-0.05, 0) is 49.4 Å². The smallest absolute Gasteiger partial charge is 0.0631 e. The van der Waals surface area contributed by atoms with Crippen LogP contribution in [0.4, 0.5) is 0 Å². The number of rotatable bonds is 7. The van der Waals surface area contributed by atoms with Crippen molar-refractivity contribution in [3.05, 3.63) is 17.0 Å². The van der Waals surface area contributed by atoms with E-state index < -0.39 is 0 Å². The van der Waals surface area contributed by atoms with E-state index in [4.69, 9.17) is 0 Å². The first-order valence-corrected chi connectivity index (χ1v) is 9.14. The van der Waals surface area contributed by atoms with Gasteiger partial charge in [0.15, 0.2) is 0 Å². The molecule has 0 bridgehead atoms. The molecule has 0 spiro atoms. The summed E-state index contributed by atoms with van der Waals surface area (Å²) < 4.78 is 1.57. The molecule has 0 aromatic carbocycles. The summed E-state index contributed by atoms with van der Waals surface area (Å²) in [4.78, 5) is 2.75. The van der Waals surface area contributed by atoms with Crippen LogP contribution in [-0.2, 0) is 6.42 Å². The average molecular weight is 284 g/mol. The second-order valence-corrected chi connectivity index (χ2v) is 7.35. The molecule has 102 valence electrons. The van der Waals surface area contributed by atoms with Crippen LogP contribution in [0.1, 0.15) is 45.1 Å². The van der Waals surface area contributed by atoms with E-state index in [1.807, 2.05) is 11.3 Å². The van der Waals surface area contributed by atoms with Gasteiger partial charge in [-0.3, -0.25) is 4.90 Å². The van der Waals surface area contributed by atoms with Gasteiger partial charge in [0, 0.05) is 11.8 Å². The zero-order valence-electron chi connectivity index (χ0n) is 11.7. The number of nitrogens with zero attached hydrogens (tertiary/aromatic N) is 1. The number of hydrogen-bond acceptors (Lipinski definition) is 3. The highest BCUT2D eigenvalue weighted by Crippen LogP contribution is 2.36. The summed E-state index contributed by atoms with van der Waals surface area (Å²) >= 11 is 3.99. The Hall–Kier alpha value is 0.0100. The van der Waals surface area contributed by atoms with Gasteiger partial charge in [-0.2, -0.15) is 0 Å². The quantitative estimate of drug-likeness (QED) is 0.715. The van der Waals surface area contributed by atoms with Gasteiger partial charge in [-0.1, -0.05) is 26.7 Å². The molecule has 0 amide bonds. The van der Waals surface area contributed by atoms with Crippen LogP contribution in [0.25, 0.3) is 0 Å². The van der Waals surface area contributed by atoms with E-state index in [1.54, 1.807) is 9.77 Å². The molecule has 2 rings (SSSR count). The van der Waals surface area contributed by atoms with Crippen LogP contribution in [0.5, 0.6) is 0 Å². The van der Waals surface area contributed by atoms with Gasteiger partial charge in [0.1, 0.15) is 0 Å². The monoisotopic (exact) mass is 283 g/mol. The first-order chi connectivity index (χ1) is 8.85. The normalized spacial score (nSPS) is 19.2. The molecule has 1 aromatic rings. The minimum Gasteiger partial charge on any atom is -0.299 e. The van der Waals surface area contributed by atoms with Crippen molar-refractivity contribution < 1.29 is 0 Å². The van der Waals surface area contributed by atoms with Crippen molar-refractivity contribution in [3.63, 3.8) is 0 Å². The van der Waals surface area contributed by atoms with Crippen LogP contribution in [0, 0.1) is 0 Å². The zero-order chi connectivity index (χ0) is 12.8. The van der Waals surface area contributed by atoms with Gasteiger partial charge in [0.2, 0.25) is 0 Å². The molecule has 0 aliphatic carbocycles. The molecule has 0 saturated heterocycles. The van der Waals surface area contributed by atoms with Crippen molar-refractivity contribution in [2.75, 3.05) is 18.8 Å². The molecule has 0 fully saturated rings. The number of unbranched alkanes of at least 4 members (excludes halogenated alkanes) is 2. The second-order valence-electron chi connectivity index (χ2n) is 5.15. The van der Waals surface area contributed by atoms with Gasteiger partial charge >= 0.3 is 0 Å². The molecule has 0 N–H and O–H groups in total. The molecule has 18 heavy (non-hydrogen) atoms. The maximum Gasteiger partial charge on any atom is 0.0631 e. The lowest BCUT2D eigenvalue weighted by molar-refractivity contribution is 0.203. The summed E-state index contributed by atoms with van der Waals surface area (Å²) in [7, 11) is 0. The Kier molecular flexibility index (Phi) is 6.06. The first-order valence-electron chi connectivity index (χ1n) is 7.28. The Morgan fingerprint density at radius 2 is 1.94 bits per heavy atom. The molecule has 0 saturated carbocycles. The molecular formula is C15H25NS2. The molecule has 1 aliphatic heterocycles. The van der Waals surface area contributed by atoms with Crippen molar-refractivity contribution >= 4 is 23.1 Å². The third-order valence-electron chi connectivity index (χ3n) is 3.68. The second kappa shape index (κ2) is 7.56. The van der Waals surface area contributed by atoms with E-state index >= 15 is 0 Å². The minimum absolute atomic E-state index is 0.773. The maximum absolute atomic E-state index is 2.75. The van der Waals surface area contributed by atoms with Crippen molar-refractivity contribution in [3.8, 4) is 0 Å². The summed E-state index contributed by atoms with van der Waals surface area (Å²) in [6.45, 7) is 7.18. The summed E-state index contributed by atoms with van der Waals surface area (Å²) in [5, 5.41) is 2.25. The summed E-state index contributed by atoms with van der Waals surface area (Å²) in [6, 6.07) is 3.10. The lowest BCUT2D eigenvalue weighted by atomic mass is 10.1. The molecule has 2 heterocycles. The number of thioether (sulfide) groups is 1. The van der Waals surface area contributed by atoms with Crippen LogP contribution >= 0.6 is 23.1 Å².